The molecule has 0 unspecified atom stereocenters. The largest absolute Gasteiger partial charge is 0.494 e. The Hall–Kier alpha value is -2.93. The summed E-state index contributed by atoms with van der Waals surface area (Å²) in [5.74, 6) is 1.19. The molecule has 3 aromatic rings. The first-order chi connectivity index (χ1) is 15.4. The van der Waals surface area contributed by atoms with Crippen LogP contribution in [0.5, 0.6) is 5.75 Å². The third-order valence-corrected chi connectivity index (χ3v) is 7.18. The predicted molar refractivity (Wildman–Crippen MR) is 128 cm³/mol. The van der Waals surface area contributed by atoms with E-state index in [-0.39, 0.29) is 12.3 Å². The van der Waals surface area contributed by atoms with E-state index in [9.17, 15) is 4.79 Å². The SMILES string of the molecule is Cc1nc(-c2ccc(N(C)CCCOc3ccc4c(c3)CC[C@H]4CC(=O)O)nc2)sc1C. The molecular formula is C25H29N3O3S. The van der Waals surface area contributed by atoms with Crippen LogP contribution in [0.4, 0.5) is 5.82 Å². The molecule has 0 fully saturated rings. The summed E-state index contributed by atoms with van der Waals surface area (Å²) < 4.78 is 5.95. The number of carbonyl (C=O) groups is 1. The van der Waals surface area contributed by atoms with Crippen LogP contribution < -0.4 is 9.64 Å². The van der Waals surface area contributed by atoms with Crippen LogP contribution in [-0.4, -0.2) is 41.2 Å². The van der Waals surface area contributed by atoms with Gasteiger partial charge in [-0.15, -0.1) is 11.3 Å². The number of fused-ring (bicyclic) bond motifs is 1. The lowest BCUT2D eigenvalue weighted by molar-refractivity contribution is -0.137. The summed E-state index contributed by atoms with van der Waals surface area (Å²) in [6.45, 7) is 5.59. The number of hydrogen-bond donors (Lipinski definition) is 1. The molecule has 0 saturated carbocycles. The number of carboxylic acids is 1. The number of carboxylic acid groups (broad SMARTS) is 1. The molecule has 7 heteroatoms. The lowest BCUT2D eigenvalue weighted by atomic mass is 9.98. The molecule has 1 atom stereocenters. The fraction of sp³-hybridized carbons (Fsp3) is 0.400. The number of hydrogen-bond acceptors (Lipinski definition) is 6. The maximum Gasteiger partial charge on any atom is 0.303 e. The van der Waals surface area contributed by atoms with Crippen molar-refractivity contribution in [3.05, 3.63) is 58.2 Å². The molecule has 0 bridgehead atoms. The van der Waals surface area contributed by atoms with Crippen molar-refractivity contribution < 1.29 is 14.6 Å². The van der Waals surface area contributed by atoms with Gasteiger partial charge in [-0.3, -0.25) is 4.79 Å². The van der Waals surface area contributed by atoms with Gasteiger partial charge >= 0.3 is 5.97 Å². The molecule has 32 heavy (non-hydrogen) atoms. The van der Waals surface area contributed by atoms with Crippen molar-refractivity contribution in [3.63, 3.8) is 0 Å². The van der Waals surface area contributed by atoms with E-state index in [0.717, 1.165) is 59.2 Å². The quantitative estimate of drug-likeness (QED) is 0.449. The van der Waals surface area contributed by atoms with Crippen LogP contribution in [-0.2, 0) is 11.2 Å². The van der Waals surface area contributed by atoms with Crippen molar-refractivity contribution in [2.45, 2.75) is 45.4 Å². The minimum Gasteiger partial charge on any atom is -0.494 e. The Morgan fingerprint density at radius 2 is 2.12 bits per heavy atom. The standard InChI is InChI=1S/C25H29N3O3S/c1-16-17(2)32-25(27-16)20-7-10-23(26-15-20)28(3)11-4-12-31-21-8-9-22-18(13-21)5-6-19(22)14-24(29)30/h7-10,13,15,19H,4-6,11-12,14H2,1-3H3,(H,29,30)/t19-/m0/s1. The van der Waals surface area contributed by atoms with E-state index in [2.05, 4.69) is 33.9 Å². The Balaban J connectivity index is 1.26. The summed E-state index contributed by atoms with van der Waals surface area (Å²) in [5.41, 5.74) is 4.52. The van der Waals surface area contributed by atoms with E-state index < -0.39 is 5.97 Å². The van der Waals surface area contributed by atoms with Crippen molar-refractivity contribution in [1.82, 2.24) is 9.97 Å². The summed E-state index contributed by atoms with van der Waals surface area (Å²) in [4.78, 5) is 23.6. The zero-order valence-corrected chi connectivity index (χ0v) is 19.6. The van der Waals surface area contributed by atoms with Crippen LogP contribution in [0.25, 0.3) is 10.6 Å². The average Bonchev–Trinajstić information content (AvgIpc) is 3.33. The van der Waals surface area contributed by atoms with Gasteiger partial charge in [0.1, 0.15) is 16.6 Å². The van der Waals surface area contributed by atoms with Crippen LogP contribution in [0.15, 0.2) is 36.5 Å². The molecule has 4 rings (SSSR count). The summed E-state index contributed by atoms with van der Waals surface area (Å²) in [6.07, 6.45) is 4.81. The van der Waals surface area contributed by atoms with E-state index in [1.54, 1.807) is 11.3 Å². The van der Waals surface area contributed by atoms with Crippen molar-refractivity contribution in [2.24, 2.45) is 0 Å². The van der Waals surface area contributed by atoms with Crippen LogP contribution in [0.2, 0.25) is 0 Å². The molecule has 0 radical (unpaired) electrons. The summed E-state index contributed by atoms with van der Waals surface area (Å²) >= 11 is 1.70. The number of ether oxygens (including phenoxy) is 1. The lowest BCUT2D eigenvalue weighted by Gasteiger charge is -2.18. The Labute approximate surface area is 192 Å². The number of rotatable bonds is 9. The van der Waals surface area contributed by atoms with Crippen molar-refractivity contribution >= 4 is 23.1 Å². The zero-order chi connectivity index (χ0) is 22.7. The van der Waals surface area contributed by atoms with Crippen molar-refractivity contribution in [3.8, 4) is 16.3 Å². The second kappa shape index (κ2) is 9.69. The van der Waals surface area contributed by atoms with E-state index in [1.165, 1.54) is 10.4 Å². The van der Waals surface area contributed by atoms with Gasteiger partial charge in [0.2, 0.25) is 0 Å². The van der Waals surface area contributed by atoms with Crippen LogP contribution >= 0.6 is 11.3 Å². The number of thiazole rings is 1. The van der Waals surface area contributed by atoms with Gasteiger partial charge in [-0.1, -0.05) is 6.07 Å². The number of benzene rings is 1. The van der Waals surface area contributed by atoms with E-state index in [4.69, 9.17) is 9.84 Å². The highest BCUT2D eigenvalue weighted by Gasteiger charge is 2.24. The van der Waals surface area contributed by atoms with Crippen LogP contribution in [0.1, 0.15) is 46.9 Å². The van der Waals surface area contributed by atoms with Gasteiger partial charge in [0.15, 0.2) is 0 Å². The maximum absolute atomic E-state index is 11.0. The van der Waals surface area contributed by atoms with Gasteiger partial charge in [0.25, 0.3) is 0 Å². The van der Waals surface area contributed by atoms with E-state index in [0.29, 0.717) is 6.61 Å². The van der Waals surface area contributed by atoms with Gasteiger partial charge < -0.3 is 14.7 Å². The highest BCUT2D eigenvalue weighted by molar-refractivity contribution is 7.15. The first-order valence-corrected chi connectivity index (χ1v) is 11.8. The number of aliphatic carboxylic acids is 1. The number of aryl methyl sites for hydroxylation is 3. The number of aromatic nitrogens is 2. The number of nitrogens with zero attached hydrogens (tertiary/aromatic N) is 3. The molecule has 0 aliphatic heterocycles. The van der Waals surface area contributed by atoms with Gasteiger partial charge in [-0.05, 0) is 74.4 Å². The first kappa shape index (κ1) is 22.3. The van der Waals surface area contributed by atoms with Gasteiger partial charge in [-0.2, -0.15) is 0 Å². The fourth-order valence-corrected chi connectivity index (χ4v) is 5.04. The molecule has 168 valence electrons. The zero-order valence-electron chi connectivity index (χ0n) is 18.8. The van der Waals surface area contributed by atoms with E-state index >= 15 is 0 Å². The molecule has 1 aromatic carbocycles. The minimum absolute atomic E-state index is 0.132. The third-order valence-electron chi connectivity index (χ3n) is 6.06. The van der Waals surface area contributed by atoms with Crippen molar-refractivity contribution in [1.29, 1.82) is 0 Å². The highest BCUT2D eigenvalue weighted by atomic mass is 32.1. The van der Waals surface area contributed by atoms with E-state index in [1.807, 2.05) is 38.4 Å². The fourth-order valence-electron chi connectivity index (χ4n) is 4.14. The maximum atomic E-state index is 11.0. The normalized spacial score (nSPS) is 14.9. The molecule has 0 spiro atoms. The minimum atomic E-state index is -0.732. The second-order valence-electron chi connectivity index (χ2n) is 8.38. The molecule has 6 nitrogen and oxygen atoms in total. The van der Waals surface area contributed by atoms with Crippen molar-refractivity contribution in [2.75, 3.05) is 25.1 Å². The molecule has 1 aliphatic rings. The topological polar surface area (TPSA) is 75.6 Å². The Morgan fingerprint density at radius 1 is 1.28 bits per heavy atom. The van der Waals surface area contributed by atoms with Crippen LogP contribution in [0.3, 0.4) is 0 Å². The Morgan fingerprint density at radius 3 is 2.81 bits per heavy atom. The summed E-state index contributed by atoms with van der Waals surface area (Å²) in [6, 6.07) is 10.2. The Bertz CT molecular complexity index is 1070. The summed E-state index contributed by atoms with van der Waals surface area (Å²) in [5, 5.41) is 10.1. The number of anilines is 1. The monoisotopic (exact) mass is 451 g/mol. The highest BCUT2D eigenvalue weighted by Crippen LogP contribution is 2.37. The van der Waals surface area contributed by atoms with Gasteiger partial charge in [0, 0.05) is 30.2 Å². The molecular weight excluding hydrogens is 422 g/mol. The average molecular weight is 452 g/mol. The van der Waals surface area contributed by atoms with Crippen LogP contribution in [0, 0.1) is 13.8 Å². The molecule has 1 aliphatic carbocycles. The molecule has 2 aromatic heterocycles. The Kier molecular flexibility index (Phi) is 6.74. The first-order valence-electron chi connectivity index (χ1n) is 11.0. The molecule has 1 N–H and O–H groups in total. The summed E-state index contributed by atoms with van der Waals surface area (Å²) in [7, 11) is 2.04. The molecule has 0 saturated heterocycles. The predicted octanol–water partition coefficient (Wildman–Crippen LogP) is 5.23. The second-order valence-corrected chi connectivity index (χ2v) is 9.59. The number of pyridine rings is 1. The smallest absolute Gasteiger partial charge is 0.303 e. The lowest BCUT2D eigenvalue weighted by Crippen LogP contribution is -2.21. The van der Waals surface area contributed by atoms with Gasteiger partial charge in [-0.25, -0.2) is 9.97 Å². The van der Waals surface area contributed by atoms with Gasteiger partial charge in [0.05, 0.1) is 18.7 Å². The molecule has 2 heterocycles. The third kappa shape index (κ3) is 5.10. The molecule has 0 amide bonds.